The highest BCUT2D eigenvalue weighted by Crippen LogP contribution is 2.09. The second-order valence-electron chi connectivity index (χ2n) is 2.35. The maximum atomic E-state index is 5.30. The summed E-state index contributed by atoms with van der Waals surface area (Å²) in [5.74, 6) is 0.779. The second-order valence-corrected chi connectivity index (χ2v) is 2.67. The minimum absolute atomic E-state index is 0.0438. The van der Waals surface area contributed by atoms with E-state index >= 15 is 0 Å². The summed E-state index contributed by atoms with van der Waals surface area (Å²) in [6.45, 7) is 6.83. The second kappa shape index (κ2) is 3.36. The summed E-state index contributed by atoms with van der Waals surface area (Å²) in [6.07, 6.45) is 0. The van der Waals surface area contributed by atoms with Crippen molar-refractivity contribution in [2.24, 2.45) is 0 Å². The molecule has 0 heterocycles. The Bertz CT molecular complexity index is 61.5. The van der Waals surface area contributed by atoms with Crippen LogP contribution in [-0.4, -0.2) is 18.0 Å². The molecule has 0 amide bonds. The first-order chi connectivity index (χ1) is 3.62. The predicted octanol–water partition coefficient (Wildman–Crippen LogP) is 1.73. The van der Waals surface area contributed by atoms with Crippen molar-refractivity contribution in [3.63, 3.8) is 0 Å². The van der Waals surface area contributed by atoms with Gasteiger partial charge in [-0.25, -0.2) is 0 Å². The van der Waals surface area contributed by atoms with Crippen LogP contribution in [0, 0.1) is 0 Å². The molecule has 0 aromatic rings. The Morgan fingerprint density at radius 2 is 2.00 bits per heavy atom. The summed E-state index contributed by atoms with van der Waals surface area (Å²) in [7, 11) is 0. The molecule has 2 heteroatoms. The molecular formula is C6H14OS. The van der Waals surface area contributed by atoms with Gasteiger partial charge >= 0.3 is 0 Å². The van der Waals surface area contributed by atoms with Gasteiger partial charge in [-0.2, -0.15) is 12.6 Å². The zero-order chi connectivity index (χ0) is 6.62. The zero-order valence-electron chi connectivity index (χ0n) is 5.77. The van der Waals surface area contributed by atoms with Crippen LogP contribution in [0.15, 0.2) is 0 Å². The molecule has 0 aromatic heterocycles. The van der Waals surface area contributed by atoms with Crippen molar-refractivity contribution in [2.45, 2.75) is 26.4 Å². The van der Waals surface area contributed by atoms with Crippen molar-refractivity contribution in [2.75, 3.05) is 12.4 Å². The molecule has 0 N–H and O–H groups in total. The van der Waals surface area contributed by atoms with E-state index in [1.165, 1.54) is 0 Å². The van der Waals surface area contributed by atoms with Crippen molar-refractivity contribution in [1.29, 1.82) is 0 Å². The standard InChI is InChI=1S/C6H14OS/c1-4-7-6(2,3)5-8/h8H,4-5H2,1-3H3. The third-order valence-electron chi connectivity index (χ3n) is 0.916. The molecule has 1 nitrogen and oxygen atoms in total. The van der Waals surface area contributed by atoms with Gasteiger partial charge < -0.3 is 4.74 Å². The van der Waals surface area contributed by atoms with Crippen LogP contribution in [0.2, 0.25) is 0 Å². The molecule has 0 saturated carbocycles. The molecule has 0 fully saturated rings. The van der Waals surface area contributed by atoms with Gasteiger partial charge in [0.2, 0.25) is 0 Å². The first-order valence-electron chi connectivity index (χ1n) is 2.87. The zero-order valence-corrected chi connectivity index (χ0v) is 6.66. The lowest BCUT2D eigenvalue weighted by Gasteiger charge is -2.21. The van der Waals surface area contributed by atoms with Gasteiger partial charge in [0.25, 0.3) is 0 Å². The molecule has 0 aliphatic rings. The largest absolute Gasteiger partial charge is 0.375 e. The molecule has 0 saturated heterocycles. The van der Waals surface area contributed by atoms with Gasteiger partial charge in [0.15, 0.2) is 0 Å². The maximum Gasteiger partial charge on any atom is 0.0713 e. The quantitative estimate of drug-likeness (QED) is 0.578. The molecule has 0 rings (SSSR count). The Hall–Kier alpha value is 0.310. The number of ether oxygens (including phenoxy) is 1. The van der Waals surface area contributed by atoms with Crippen LogP contribution in [0.25, 0.3) is 0 Å². The van der Waals surface area contributed by atoms with Crippen LogP contribution in [0.3, 0.4) is 0 Å². The van der Waals surface area contributed by atoms with Crippen molar-refractivity contribution in [3.8, 4) is 0 Å². The maximum absolute atomic E-state index is 5.30. The Balaban J connectivity index is 3.37. The minimum atomic E-state index is -0.0438. The highest BCUT2D eigenvalue weighted by Gasteiger charge is 2.13. The fraction of sp³-hybridized carbons (Fsp3) is 1.00. The van der Waals surface area contributed by atoms with E-state index < -0.39 is 0 Å². The van der Waals surface area contributed by atoms with Gasteiger partial charge in [0.1, 0.15) is 0 Å². The molecule has 0 radical (unpaired) electrons. The van der Waals surface area contributed by atoms with Gasteiger partial charge in [0, 0.05) is 12.4 Å². The third kappa shape index (κ3) is 3.33. The van der Waals surface area contributed by atoms with Crippen molar-refractivity contribution in [1.82, 2.24) is 0 Å². The van der Waals surface area contributed by atoms with Crippen LogP contribution in [0.1, 0.15) is 20.8 Å². The lowest BCUT2D eigenvalue weighted by atomic mass is 10.2. The Labute approximate surface area is 56.8 Å². The predicted molar refractivity (Wildman–Crippen MR) is 39.6 cm³/mol. The van der Waals surface area contributed by atoms with E-state index in [2.05, 4.69) is 12.6 Å². The first-order valence-corrected chi connectivity index (χ1v) is 3.50. The van der Waals surface area contributed by atoms with Crippen molar-refractivity contribution >= 4 is 12.6 Å². The fourth-order valence-corrected chi connectivity index (χ4v) is 0.528. The number of hydrogen-bond donors (Lipinski definition) is 1. The summed E-state index contributed by atoms with van der Waals surface area (Å²) in [6, 6.07) is 0. The number of hydrogen-bond acceptors (Lipinski definition) is 2. The van der Waals surface area contributed by atoms with Crippen molar-refractivity contribution in [3.05, 3.63) is 0 Å². The van der Waals surface area contributed by atoms with E-state index in [0.29, 0.717) is 0 Å². The monoisotopic (exact) mass is 134 g/mol. The molecule has 0 spiro atoms. The minimum Gasteiger partial charge on any atom is -0.375 e. The van der Waals surface area contributed by atoms with E-state index in [1.54, 1.807) is 0 Å². The van der Waals surface area contributed by atoms with Crippen LogP contribution >= 0.6 is 12.6 Å². The Kier molecular flexibility index (Phi) is 3.49. The smallest absolute Gasteiger partial charge is 0.0713 e. The molecule has 0 bridgehead atoms. The fourth-order valence-electron chi connectivity index (χ4n) is 0.436. The van der Waals surface area contributed by atoms with Crippen LogP contribution < -0.4 is 0 Å². The summed E-state index contributed by atoms with van der Waals surface area (Å²) < 4.78 is 5.30. The SMILES string of the molecule is CCOC(C)(C)CS. The summed E-state index contributed by atoms with van der Waals surface area (Å²) in [5, 5.41) is 0. The average molecular weight is 134 g/mol. The molecule has 8 heavy (non-hydrogen) atoms. The lowest BCUT2D eigenvalue weighted by Crippen LogP contribution is -2.26. The molecule has 0 unspecified atom stereocenters. The van der Waals surface area contributed by atoms with Crippen LogP contribution in [0.4, 0.5) is 0 Å². The van der Waals surface area contributed by atoms with Gasteiger partial charge in [-0.3, -0.25) is 0 Å². The molecule has 0 aromatic carbocycles. The average Bonchev–Trinajstić information content (AvgIpc) is 1.67. The van der Waals surface area contributed by atoms with Gasteiger partial charge in [-0.1, -0.05) is 0 Å². The van der Waals surface area contributed by atoms with Gasteiger partial charge in [-0.15, -0.1) is 0 Å². The molecule has 0 aliphatic carbocycles. The van der Waals surface area contributed by atoms with Crippen molar-refractivity contribution < 1.29 is 4.74 Å². The van der Waals surface area contributed by atoms with Crippen LogP contribution in [0.5, 0.6) is 0 Å². The topological polar surface area (TPSA) is 9.23 Å². The molecule has 0 atom stereocenters. The summed E-state index contributed by atoms with van der Waals surface area (Å²) in [4.78, 5) is 0. The Morgan fingerprint density at radius 1 is 1.50 bits per heavy atom. The van der Waals surface area contributed by atoms with E-state index in [0.717, 1.165) is 12.4 Å². The van der Waals surface area contributed by atoms with E-state index in [1.807, 2.05) is 20.8 Å². The highest BCUT2D eigenvalue weighted by molar-refractivity contribution is 7.80. The molecule has 50 valence electrons. The van der Waals surface area contributed by atoms with E-state index in [9.17, 15) is 0 Å². The summed E-state index contributed by atoms with van der Waals surface area (Å²) >= 11 is 4.11. The highest BCUT2D eigenvalue weighted by atomic mass is 32.1. The first kappa shape index (κ1) is 8.31. The summed E-state index contributed by atoms with van der Waals surface area (Å²) in [5.41, 5.74) is -0.0438. The third-order valence-corrected chi connectivity index (χ3v) is 1.68. The Morgan fingerprint density at radius 3 is 2.12 bits per heavy atom. The number of thiol groups is 1. The van der Waals surface area contributed by atoms with E-state index in [4.69, 9.17) is 4.74 Å². The number of rotatable bonds is 3. The molecular weight excluding hydrogens is 120 g/mol. The lowest BCUT2D eigenvalue weighted by molar-refractivity contribution is 0.00947. The van der Waals surface area contributed by atoms with Crippen LogP contribution in [-0.2, 0) is 4.74 Å². The van der Waals surface area contributed by atoms with Gasteiger partial charge in [0.05, 0.1) is 5.60 Å². The van der Waals surface area contributed by atoms with Gasteiger partial charge in [-0.05, 0) is 20.8 Å². The van der Waals surface area contributed by atoms with E-state index in [-0.39, 0.29) is 5.60 Å². The normalized spacial score (nSPS) is 12.0. The molecule has 0 aliphatic heterocycles.